The number of esters is 1. The van der Waals surface area contributed by atoms with Crippen molar-refractivity contribution in [3.8, 4) is 0 Å². The summed E-state index contributed by atoms with van der Waals surface area (Å²) in [4.78, 5) is 40.1. The van der Waals surface area contributed by atoms with E-state index in [1.807, 2.05) is 0 Å². The van der Waals surface area contributed by atoms with Crippen LogP contribution in [-0.2, 0) is 15.7 Å². The van der Waals surface area contributed by atoms with E-state index in [4.69, 9.17) is 16.3 Å². The van der Waals surface area contributed by atoms with E-state index in [1.165, 1.54) is 17.2 Å². The Bertz CT molecular complexity index is 1200. The molecular weight excluding hydrogens is 463 g/mol. The van der Waals surface area contributed by atoms with Gasteiger partial charge < -0.3 is 14.5 Å². The second-order valence-corrected chi connectivity index (χ2v) is 7.64. The molecule has 1 aliphatic rings. The van der Waals surface area contributed by atoms with Gasteiger partial charge in [-0.1, -0.05) is 11.6 Å². The van der Waals surface area contributed by atoms with Crippen LogP contribution in [0.5, 0.6) is 0 Å². The molecule has 0 radical (unpaired) electrons. The van der Waals surface area contributed by atoms with E-state index in [2.05, 4.69) is 15.0 Å². The maximum Gasteiger partial charge on any atom is 0.417 e. The molecule has 0 saturated carbocycles. The molecule has 3 heterocycles. The van der Waals surface area contributed by atoms with Crippen molar-refractivity contribution in [3.63, 3.8) is 0 Å². The maximum atomic E-state index is 12.8. The average Bonchev–Trinajstić information content (AvgIpc) is 2.81. The zero-order valence-electron chi connectivity index (χ0n) is 17.0. The van der Waals surface area contributed by atoms with Crippen LogP contribution in [0.1, 0.15) is 15.9 Å². The molecule has 12 heteroatoms. The zero-order valence-corrected chi connectivity index (χ0v) is 17.8. The molecule has 0 unspecified atom stereocenters. The number of piperazine rings is 1. The Morgan fingerprint density at radius 1 is 1.00 bits per heavy atom. The van der Waals surface area contributed by atoms with Crippen molar-refractivity contribution in [1.29, 1.82) is 0 Å². The molecule has 0 N–H and O–H groups in total. The Hall–Kier alpha value is -3.47. The summed E-state index contributed by atoms with van der Waals surface area (Å²) in [5.41, 5.74) is 0.490. The van der Waals surface area contributed by atoms with Crippen LogP contribution in [0.3, 0.4) is 0 Å². The van der Waals surface area contributed by atoms with Crippen LogP contribution < -0.4 is 4.90 Å². The van der Waals surface area contributed by atoms with Crippen LogP contribution in [0.25, 0.3) is 11.0 Å². The summed E-state index contributed by atoms with van der Waals surface area (Å²) < 4.78 is 43.5. The second kappa shape index (κ2) is 9.18. The minimum Gasteiger partial charge on any atom is -0.452 e. The predicted octanol–water partition coefficient (Wildman–Crippen LogP) is 3.20. The van der Waals surface area contributed by atoms with Crippen molar-refractivity contribution in [1.82, 2.24) is 19.9 Å². The van der Waals surface area contributed by atoms with E-state index in [0.29, 0.717) is 24.1 Å². The van der Waals surface area contributed by atoms with Crippen LogP contribution in [0, 0.1) is 0 Å². The number of ether oxygens (including phenoxy) is 1. The summed E-state index contributed by atoms with van der Waals surface area (Å²) in [5.74, 6) is -0.812. The molecule has 33 heavy (non-hydrogen) atoms. The number of halogens is 4. The normalized spacial score (nSPS) is 14.4. The first-order chi connectivity index (χ1) is 15.7. The van der Waals surface area contributed by atoms with Gasteiger partial charge in [0.15, 0.2) is 6.61 Å². The summed E-state index contributed by atoms with van der Waals surface area (Å²) in [7, 11) is 0. The summed E-state index contributed by atoms with van der Waals surface area (Å²) in [6.07, 6.45) is -0.747. The summed E-state index contributed by atoms with van der Waals surface area (Å²) >= 11 is 6.00. The van der Waals surface area contributed by atoms with Gasteiger partial charge in [-0.2, -0.15) is 13.2 Å². The minimum atomic E-state index is -4.53. The van der Waals surface area contributed by atoms with E-state index in [-0.39, 0.29) is 35.4 Å². The van der Waals surface area contributed by atoms with E-state index in [1.54, 1.807) is 23.2 Å². The van der Waals surface area contributed by atoms with Crippen molar-refractivity contribution < 1.29 is 27.5 Å². The highest BCUT2D eigenvalue weighted by molar-refractivity contribution is 6.33. The molecule has 0 bridgehead atoms. The fourth-order valence-electron chi connectivity index (χ4n) is 3.38. The molecule has 0 spiro atoms. The molecule has 1 aromatic carbocycles. The molecule has 4 rings (SSSR count). The Kier molecular flexibility index (Phi) is 6.32. The number of pyridine rings is 1. The lowest BCUT2D eigenvalue weighted by atomic mass is 10.2. The quantitative estimate of drug-likeness (QED) is 0.531. The number of nitrogens with zero attached hydrogens (tertiary/aromatic N) is 5. The Morgan fingerprint density at radius 3 is 2.36 bits per heavy atom. The van der Waals surface area contributed by atoms with Crippen molar-refractivity contribution in [2.24, 2.45) is 0 Å². The number of anilines is 1. The van der Waals surface area contributed by atoms with Gasteiger partial charge in [0.1, 0.15) is 5.82 Å². The number of fused-ring (bicyclic) bond motifs is 1. The Labute approximate surface area is 190 Å². The van der Waals surface area contributed by atoms with Gasteiger partial charge in [0.05, 0.1) is 27.2 Å². The zero-order chi connectivity index (χ0) is 23.6. The number of carbonyl (C=O) groups excluding carboxylic acids is 2. The predicted molar refractivity (Wildman–Crippen MR) is 113 cm³/mol. The Morgan fingerprint density at radius 2 is 1.70 bits per heavy atom. The third-order valence-corrected chi connectivity index (χ3v) is 5.39. The first kappa shape index (κ1) is 22.7. The van der Waals surface area contributed by atoms with E-state index < -0.39 is 24.3 Å². The average molecular weight is 480 g/mol. The number of aromatic nitrogens is 3. The van der Waals surface area contributed by atoms with E-state index in [9.17, 15) is 22.8 Å². The summed E-state index contributed by atoms with van der Waals surface area (Å²) in [6.45, 7) is 0.765. The van der Waals surface area contributed by atoms with Crippen molar-refractivity contribution in [3.05, 3.63) is 59.0 Å². The maximum absolute atomic E-state index is 12.8. The molecule has 0 aliphatic carbocycles. The van der Waals surface area contributed by atoms with Crippen LogP contribution in [0.15, 0.2) is 42.9 Å². The smallest absolute Gasteiger partial charge is 0.417 e. The lowest BCUT2D eigenvalue weighted by molar-refractivity contribution is -0.138. The number of amides is 1. The monoisotopic (exact) mass is 479 g/mol. The largest absolute Gasteiger partial charge is 0.452 e. The van der Waals surface area contributed by atoms with Gasteiger partial charge in [0, 0.05) is 44.8 Å². The number of rotatable bonds is 4. The van der Waals surface area contributed by atoms with Crippen molar-refractivity contribution in [2.45, 2.75) is 6.18 Å². The van der Waals surface area contributed by atoms with Crippen molar-refractivity contribution in [2.75, 3.05) is 37.7 Å². The highest BCUT2D eigenvalue weighted by Crippen LogP contribution is 2.33. The van der Waals surface area contributed by atoms with Crippen LogP contribution in [0.2, 0.25) is 5.02 Å². The van der Waals surface area contributed by atoms with Gasteiger partial charge >= 0.3 is 12.1 Å². The number of alkyl halides is 3. The molecule has 3 aromatic rings. The van der Waals surface area contributed by atoms with Crippen LogP contribution >= 0.6 is 11.6 Å². The van der Waals surface area contributed by atoms with E-state index >= 15 is 0 Å². The minimum absolute atomic E-state index is 0.112. The number of hydrogen-bond donors (Lipinski definition) is 0. The standard InChI is InChI=1S/C21H17ClF3N5O3/c22-15-10-14(21(23,24)25)11-28-19(15)30-7-5-29(6-8-30)18(31)12-33-20(32)13-1-2-16-17(9-13)27-4-3-26-16/h1-4,9-11H,5-8,12H2. The fraction of sp³-hybridized carbons (Fsp3) is 0.286. The first-order valence-electron chi connectivity index (χ1n) is 9.86. The molecule has 8 nitrogen and oxygen atoms in total. The molecule has 0 atom stereocenters. The van der Waals surface area contributed by atoms with Crippen LogP contribution in [0.4, 0.5) is 19.0 Å². The highest BCUT2D eigenvalue weighted by atomic mass is 35.5. The first-order valence-corrected chi connectivity index (χ1v) is 10.2. The molecule has 1 saturated heterocycles. The molecular formula is C21H17ClF3N5O3. The number of carbonyl (C=O) groups is 2. The third kappa shape index (κ3) is 5.14. The van der Waals surface area contributed by atoms with Crippen LogP contribution in [-0.4, -0.2) is 64.5 Å². The van der Waals surface area contributed by atoms with Gasteiger partial charge in [-0.15, -0.1) is 0 Å². The topological polar surface area (TPSA) is 88.5 Å². The van der Waals surface area contributed by atoms with Gasteiger partial charge in [-0.05, 0) is 24.3 Å². The van der Waals surface area contributed by atoms with E-state index in [0.717, 1.165) is 12.3 Å². The van der Waals surface area contributed by atoms with Gasteiger partial charge in [0.25, 0.3) is 5.91 Å². The third-order valence-electron chi connectivity index (χ3n) is 5.11. The van der Waals surface area contributed by atoms with Gasteiger partial charge in [-0.3, -0.25) is 14.8 Å². The summed E-state index contributed by atoms with van der Waals surface area (Å²) in [6, 6.07) is 5.55. The lowest BCUT2D eigenvalue weighted by Crippen LogP contribution is -2.50. The lowest BCUT2D eigenvalue weighted by Gasteiger charge is -2.35. The van der Waals surface area contributed by atoms with Gasteiger partial charge in [-0.25, -0.2) is 9.78 Å². The number of hydrogen-bond acceptors (Lipinski definition) is 7. The fourth-order valence-corrected chi connectivity index (χ4v) is 3.66. The van der Waals surface area contributed by atoms with Gasteiger partial charge in [0.2, 0.25) is 0 Å². The molecule has 1 amide bonds. The molecule has 1 aliphatic heterocycles. The number of benzene rings is 1. The Balaban J connectivity index is 1.30. The molecule has 1 fully saturated rings. The molecule has 172 valence electrons. The second-order valence-electron chi connectivity index (χ2n) is 7.23. The summed E-state index contributed by atoms with van der Waals surface area (Å²) in [5, 5.41) is -0.112. The van der Waals surface area contributed by atoms with Crippen molar-refractivity contribution >= 4 is 40.3 Å². The molecule has 2 aromatic heterocycles. The SMILES string of the molecule is O=C(OCC(=O)N1CCN(c2ncc(C(F)(F)F)cc2Cl)CC1)c1ccc2nccnc2c1. The highest BCUT2D eigenvalue weighted by Gasteiger charge is 2.32.